The van der Waals surface area contributed by atoms with Gasteiger partial charge in [-0.25, -0.2) is 0 Å². The first kappa shape index (κ1) is 18.2. The van der Waals surface area contributed by atoms with Crippen LogP contribution in [0.4, 0.5) is 0 Å². The molecule has 1 fully saturated rings. The summed E-state index contributed by atoms with van der Waals surface area (Å²) in [7, 11) is 0. The molecular formula is C13H26O6S. The lowest BCUT2D eigenvalue weighted by Gasteiger charge is -2.32. The summed E-state index contributed by atoms with van der Waals surface area (Å²) in [5, 5.41) is 47.3. The molecule has 20 heavy (non-hydrogen) atoms. The van der Waals surface area contributed by atoms with Crippen LogP contribution in [0.1, 0.15) is 32.1 Å². The van der Waals surface area contributed by atoms with Crippen molar-refractivity contribution in [2.24, 2.45) is 5.92 Å². The van der Waals surface area contributed by atoms with Crippen molar-refractivity contribution in [2.75, 3.05) is 12.4 Å². The van der Waals surface area contributed by atoms with Crippen LogP contribution in [0.5, 0.6) is 0 Å². The Morgan fingerprint density at radius 2 is 1.60 bits per heavy atom. The van der Waals surface area contributed by atoms with Crippen LogP contribution in [0.3, 0.4) is 0 Å². The van der Waals surface area contributed by atoms with E-state index in [1.807, 2.05) is 0 Å². The summed E-state index contributed by atoms with van der Waals surface area (Å²) in [6.45, 7) is -0.310. The molecule has 1 aliphatic rings. The minimum atomic E-state index is -1.60. The molecule has 1 rings (SSSR count). The molecule has 0 saturated heterocycles. The van der Waals surface area contributed by atoms with Gasteiger partial charge < -0.3 is 30.3 Å². The third kappa shape index (κ3) is 5.48. The average molecular weight is 310 g/mol. The van der Waals surface area contributed by atoms with Gasteiger partial charge >= 0.3 is 0 Å². The molecule has 120 valence electrons. The van der Waals surface area contributed by atoms with E-state index in [9.17, 15) is 20.4 Å². The van der Waals surface area contributed by atoms with Crippen LogP contribution >= 0.6 is 12.6 Å². The van der Waals surface area contributed by atoms with Crippen LogP contribution in [0, 0.1) is 5.92 Å². The van der Waals surface area contributed by atoms with Gasteiger partial charge in [0, 0.05) is 6.61 Å². The Morgan fingerprint density at radius 3 is 2.10 bits per heavy atom. The maximum absolute atomic E-state index is 9.76. The Balaban J connectivity index is 2.36. The zero-order chi connectivity index (χ0) is 15.1. The summed E-state index contributed by atoms with van der Waals surface area (Å²) in [6, 6.07) is 0. The van der Waals surface area contributed by atoms with Gasteiger partial charge in [0.2, 0.25) is 0 Å². The molecule has 0 aromatic carbocycles. The molecule has 0 amide bonds. The first-order valence-corrected chi connectivity index (χ1v) is 7.72. The smallest absolute Gasteiger partial charge is 0.183 e. The summed E-state index contributed by atoms with van der Waals surface area (Å²) < 4.78 is 5.34. The molecule has 0 aromatic rings. The Hall–Kier alpha value is 0.110. The Bertz CT molecular complexity index is 259. The number of ether oxygens (including phenoxy) is 1. The first-order chi connectivity index (χ1) is 9.49. The van der Waals surface area contributed by atoms with Crippen molar-refractivity contribution in [2.45, 2.75) is 62.8 Å². The van der Waals surface area contributed by atoms with E-state index in [2.05, 4.69) is 12.6 Å². The third-order valence-electron chi connectivity index (χ3n) is 3.85. The van der Waals surface area contributed by atoms with E-state index >= 15 is 0 Å². The predicted octanol–water partition coefficient (Wildman–Crippen LogP) is -0.725. The van der Waals surface area contributed by atoms with E-state index in [4.69, 9.17) is 9.84 Å². The second-order valence-corrected chi connectivity index (χ2v) is 5.78. The summed E-state index contributed by atoms with van der Waals surface area (Å²) in [6.07, 6.45) is -2.72. The second kappa shape index (κ2) is 9.19. The van der Waals surface area contributed by atoms with Crippen LogP contribution in [-0.2, 0) is 4.74 Å². The lowest BCUT2D eigenvalue weighted by molar-refractivity contribution is -0.225. The lowest BCUT2D eigenvalue weighted by atomic mass is 9.88. The number of hydrogen-bond acceptors (Lipinski definition) is 7. The van der Waals surface area contributed by atoms with Gasteiger partial charge in [-0.05, 0) is 43.8 Å². The van der Waals surface area contributed by atoms with E-state index < -0.39 is 24.6 Å². The summed E-state index contributed by atoms with van der Waals surface area (Å²) in [5.41, 5.74) is 0. The van der Waals surface area contributed by atoms with Crippen LogP contribution in [0.15, 0.2) is 0 Å². The minimum Gasteiger partial charge on any atom is -0.396 e. The molecule has 7 heteroatoms. The topological polar surface area (TPSA) is 110 Å². The normalized spacial score (nSPS) is 29.7. The highest BCUT2D eigenvalue weighted by Gasteiger charge is 2.33. The van der Waals surface area contributed by atoms with Gasteiger partial charge in [0.1, 0.15) is 12.2 Å². The monoisotopic (exact) mass is 310 g/mol. The van der Waals surface area contributed by atoms with Crippen molar-refractivity contribution in [3.63, 3.8) is 0 Å². The van der Waals surface area contributed by atoms with Crippen molar-refractivity contribution < 1.29 is 30.3 Å². The number of thiol groups is 1. The van der Waals surface area contributed by atoms with Crippen molar-refractivity contribution in [1.29, 1.82) is 0 Å². The van der Waals surface area contributed by atoms with Crippen molar-refractivity contribution in [3.8, 4) is 0 Å². The second-order valence-electron chi connectivity index (χ2n) is 5.41. The number of aliphatic hydroxyl groups is 5. The van der Waals surface area contributed by atoms with Crippen LogP contribution < -0.4 is 0 Å². The zero-order valence-corrected chi connectivity index (χ0v) is 12.4. The fraction of sp³-hybridized carbons (Fsp3) is 1.00. The molecule has 1 saturated carbocycles. The largest absolute Gasteiger partial charge is 0.396 e. The molecule has 0 aromatic heterocycles. The third-order valence-corrected chi connectivity index (χ3v) is 4.36. The highest BCUT2D eigenvalue weighted by molar-refractivity contribution is 7.80. The van der Waals surface area contributed by atoms with Crippen molar-refractivity contribution in [1.82, 2.24) is 0 Å². The molecule has 0 aliphatic heterocycles. The van der Waals surface area contributed by atoms with E-state index in [1.165, 1.54) is 0 Å². The van der Waals surface area contributed by atoms with Gasteiger partial charge in [-0.2, -0.15) is 12.6 Å². The fourth-order valence-corrected chi connectivity index (χ4v) is 2.79. The van der Waals surface area contributed by atoms with E-state index in [-0.39, 0.29) is 19.1 Å². The summed E-state index contributed by atoms with van der Waals surface area (Å²) in [5.74, 6) is 1.40. The molecule has 0 heterocycles. The van der Waals surface area contributed by atoms with Crippen LogP contribution in [0.2, 0.25) is 0 Å². The predicted molar refractivity (Wildman–Crippen MR) is 76.4 cm³/mol. The zero-order valence-electron chi connectivity index (χ0n) is 11.5. The summed E-state index contributed by atoms with van der Waals surface area (Å²) >= 11 is 4.25. The number of hydrogen-bond donors (Lipinski definition) is 6. The molecule has 2 unspecified atom stereocenters. The van der Waals surface area contributed by atoms with E-state index in [0.717, 1.165) is 31.4 Å². The highest BCUT2D eigenvalue weighted by Crippen LogP contribution is 2.28. The Morgan fingerprint density at radius 1 is 1.00 bits per heavy atom. The molecule has 0 spiro atoms. The summed E-state index contributed by atoms with van der Waals surface area (Å²) in [4.78, 5) is 0. The van der Waals surface area contributed by atoms with Crippen molar-refractivity contribution in [3.05, 3.63) is 0 Å². The standard InChI is InChI=1S/C13H26O6S/c14-6-5-10(15)11(16)12(17)13(18)19-9-3-1-8(7-20)2-4-9/h8-18,20H,1-7H2/t8?,9?,10-,11?,12?,13-/m1/s1. The molecule has 5 N–H and O–H groups in total. The van der Waals surface area contributed by atoms with E-state index in [0.29, 0.717) is 5.92 Å². The number of rotatable bonds is 8. The molecular weight excluding hydrogens is 284 g/mol. The van der Waals surface area contributed by atoms with Crippen LogP contribution in [-0.4, -0.2) is 68.6 Å². The molecule has 6 nitrogen and oxygen atoms in total. The van der Waals surface area contributed by atoms with Gasteiger partial charge in [-0.15, -0.1) is 0 Å². The van der Waals surface area contributed by atoms with Gasteiger partial charge in [0.15, 0.2) is 6.29 Å². The molecule has 1 aliphatic carbocycles. The maximum atomic E-state index is 9.76. The quantitative estimate of drug-likeness (QED) is 0.261. The number of aliphatic hydroxyl groups excluding tert-OH is 5. The molecule has 0 bridgehead atoms. The molecule has 4 atom stereocenters. The van der Waals surface area contributed by atoms with Gasteiger partial charge in [-0.1, -0.05) is 0 Å². The maximum Gasteiger partial charge on any atom is 0.183 e. The molecule has 0 radical (unpaired) electrons. The van der Waals surface area contributed by atoms with Crippen LogP contribution in [0.25, 0.3) is 0 Å². The van der Waals surface area contributed by atoms with Gasteiger partial charge in [-0.3, -0.25) is 0 Å². The van der Waals surface area contributed by atoms with Gasteiger partial charge in [0.25, 0.3) is 0 Å². The SMILES string of the molecule is OCC[C@@H](O)C(O)C(O)[C@H](O)OC1CCC(CS)CC1. The Kier molecular flexibility index (Phi) is 8.35. The fourth-order valence-electron chi connectivity index (χ4n) is 2.43. The minimum absolute atomic E-state index is 0.0714. The average Bonchev–Trinajstić information content (AvgIpc) is 2.46. The first-order valence-electron chi connectivity index (χ1n) is 7.09. The van der Waals surface area contributed by atoms with Crippen molar-refractivity contribution >= 4 is 12.6 Å². The van der Waals surface area contributed by atoms with E-state index in [1.54, 1.807) is 0 Å². The highest BCUT2D eigenvalue weighted by atomic mass is 32.1. The lowest BCUT2D eigenvalue weighted by Crippen LogP contribution is -2.47. The Labute approximate surface area is 124 Å². The van der Waals surface area contributed by atoms with Gasteiger partial charge in [0.05, 0.1) is 12.2 Å².